The van der Waals surface area contributed by atoms with E-state index < -0.39 is 0 Å². The molecule has 0 unspecified atom stereocenters. The van der Waals surface area contributed by atoms with Gasteiger partial charge in [-0.05, 0) is 25.7 Å². The molecule has 1 heterocycles. The molecule has 0 spiro atoms. The van der Waals surface area contributed by atoms with Crippen molar-refractivity contribution >= 4 is 22.3 Å². The Bertz CT molecular complexity index is 461. The quantitative estimate of drug-likeness (QED) is 0.771. The van der Waals surface area contributed by atoms with Crippen LogP contribution >= 0.6 is 11.3 Å². The van der Waals surface area contributed by atoms with Gasteiger partial charge in [-0.15, -0.1) is 11.3 Å². The Hall–Kier alpha value is -0.900. The molecule has 0 N–H and O–H groups in total. The fourth-order valence-corrected chi connectivity index (χ4v) is 4.36. The van der Waals surface area contributed by atoms with Crippen LogP contribution in [0.25, 0.3) is 0 Å². The topological polar surface area (TPSA) is 33.2 Å². The third kappa shape index (κ3) is 2.69. The van der Waals surface area contributed by atoms with Crippen molar-refractivity contribution in [1.82, 2.24) is 4.98 Å². The molecule has 0 saturated heterocycles. The van der Waals surface area contributed by atoms with Crippen LogP contribution in [0.3, 0.4) is 0 Å². The molecule has 19 heavy (non-hydrogen) atoms. The Balaban J connectivity index is 1.79. The number of Topliss-reactive ketones (excluding diaryl/α,β-unsaturated/α-hetero) is 1. The zero-order valence-corrected chi connectivity index (χ0v) is 12.5. The van der Waals surface area contributed by atoms with Crippen molar-refractivity contribution in [2.75, 3.05) is 11.9 Å². The second-order valence-electron chi connectivity index (χ2n) is 5.80. The first-order valence-corrected chi connectivity index (χ1v) is 8.33. The highest BCUT2D eigenvalue weighted by molar-refractivity contribution is 7.16. The van der Waals surface area contributed by atoms with E-state index in [4.69, 9.17) is 0 Å². The summed E-state index contributed by atoms with van der Waals surface area (Å²) in [7, 11) is 2.16. The molecule has 1 aromatic rings. The molecule has 1 fully saturated rings. The summed E-state index contributed by atoms with van der Waals surface area (Å²) in [4.78, 5) is 20.1. The number of aryl methyl sites for hydroxylation is 1. The summed E-state index contributed by atoms with van der Waals surface area (Å²) in [5.41, 5.74) is 0.770. The van der Waals surface area contributed by atoms with Gasteiger partial charge in [-0.2, -0.15) is 0 Å². The summed E-state index contributed by atoms with van der Waals surface area (Å²) in [6.07, 6.45) is 10.7. The van der Waals surface area contributed by atoms with E-state index in [0.29, 0.717) is 12.5 Å². The number of carbonyl (C=O) groups is 1. The molecule has 0 amide bonds. The van der Waals surface area contributed by atoms with Crippen LogP contribution < -0.4 is 4.90 Å². The number of nitrogens with zero attached hydrogens (tertiary/aromatic N) is 2. The van der Waals surface area contributed by atoms with E-state index in [-0.39, 0.29) is 5.78 Å². The molecule has 0 atom stereocenters. The lowest BCUT2D eigenvalue weighted by Crippen LogP contribution is -2.31. The smallest absolute Gasteiger partial charge is 0.186 e. The number of thiazole rings is 1. The zero-order chi connectivity index (χ0) is 13.2. The maximum atomic E-state index is 11.9. The van der Waals surface area contributed by atoms with Crippen LogP contribution in [0.5, 0.6) is 0 Å². The fourth-order valence-electron chi connectivity index (χ4n) is 3.21. The van der Waals surface area contributed by atoms with E-state index in [0.717, 1.165) is 23.7 Å². The molecule has 0 aliphatic heterocycles. The second-order valence-corrected chi connectivity index (χ2v) is 6.86. The normalized spacial score (nSPS) is 21.0. The predicted octanol–water partition coefficient (Wildman–Crippen LogP) is 3.82. The third-order valence-electron chi connectivity index (χ3n) is 4.43. The number of rotatable bonds is 2. The van der Waals surface area contributed by atoms with Gasteiger partial charge in [-0.3, -0.25) is 4.79 Å². The number of hydrogen-bond donors (Lipinski definition) is 0. The molecular formula is C15H22N2OS. The molecule has 3 nitrogen and oxygen atoms in total. The standard InChI is InChI=1S/C15H22N2OS/c1-17(11-7-4-2-3-5-8-11)15-16-14-12(18)9-6-10-13(14)19-15/h11H,2-10H2,1H3. The van der Waals surface area contributed by atoms with Gasteiger partial charge < -0.3 is 4.90 Å². The van der Waals surface area contributed by atoms with Crippen LogP contribution in [-0.2, 0) is 6.42 Å². The van der Waals surface area contributed by atoms with Crippen LogP contribution in [0, 0.1) is 0 Å². The molecule has 0 radical (unpaired) electrons. The average Bonchev–Trinajstić information content (AvgIpc) is 2.67. The summed E-state index contributed by atoms with van der Waals surface area (Å²) < 4.78 is 0. The maximum Gasteiger partial charge on any atom is 0.186 e. The third-order valence-corrected chi connectivity index (χ3v) is 5.64. The van der Waals surface area contributed by atoms with Crippen molar-refractivity contribution in [2.45, 2.75) is 63.8 Å². The summed E-state index contributed by atoms with van der Waals surface area (Å²) in [6, 6.07) is 0.616. The highest BCUT2D eigenvalue weighted by Crippen LogP contribution is 2.34. The molecule has 1 aromatic heterocycles. The SMILES string of the molecule is CN(c1nc2c(s1)CCCC2=O)C1CCCCCC1. The molecule has 104 valence electrons. The Morgan fingerprint density at radius 2 is 1.84 bits per heavy atom. The molecule has 1 saturated carbocycles. The Kier molecular flexibility index (Phi) is 3.87. The van der Waals surface area contributed by atoms with Gasteiger partial charge in [-0.1, -0.05) is 25.7 Å². The van der Waals surface area contributed by atoms with E-state index in [1.807, 2.05) is 0 Å². The van der Waals surface area contributed by atoms with E-state index in [1.54, 1.807) is 11.3 Å². The molecular weight excluding hydrogens is 256 g/mol. The highest BCUT2D eigenvalue weighted by Gasteiger charge is 2.26. The lowest BCUT2D eigenvalue weighted by atomic mass is 10.0. The van der Waals surface area contributed by atoms with Crippen molar-refractivity contribution < 1.29 is 4.79 Å². The summed E-state index contributed by atoms with van der Waals surface area (Å²) in [6.45, 7) is 0. The lowest BCUT2D eigenvalue weighted by Gasteiger charge is -2.26. The van der Waals surface area contributed by atoms with Gasteiger partial charge in [0.2, 0.25) is 0 Å². The van der Waals surface area contributed by atoms with Gasteiger partial charge in [0.1, 0.15) is 5.69 Å². The zero-order valence-electron chi connectivity index (χ0n) is 11.7. The van der Waals surface area contributed by atoms with Crippen molar-refractivity contribution in [3.8, 4) is 0 Å². The van der Waals surface area contributed by atoms with E-state index in [9.17, 15) is 4.79 Å². The largest absolute Gasteiger partial charge is 0.348 e. The van der Waals surface area contributed by atoms with Gasteiger partial charge in [0.25, 0.3) is 0 Å². The van der Waals surface area contributed by atoms with E-state index >= 15 is 0 Å². The van der Waals surface area contributed by atoms with Crippen molar-refractivity contribution in [2.24, 2.45) is 0 Å². The number of aromatic nitrogens is 1. The maximum absolute atomic E-state index is 11.9. The number of anilines is 1. The van der Waals surface area contributed by atoms with Crippen molar-refractivity contribution in [3.63, 3.8) is 0 Å². The van der Waals surface area contributed by atoms with Gasteiger partial charge in [0, 0.05) is 24.4 Å². The van der Waals surface area contributed by atoms with Crippen LogP contribution in [0.15, 0.2) is 0 Å². The molecule has 0 bridgehead atoms. The minimum Gasteiger partial charge on any atom is -0.348 e. The number of fused-ring (bicyclic) bond motifs is 1. The highest BCUT2D eigenvalue weighted by atomic mass is 32.1. The molecule has 3 rings (SSSR count). The van der Waals surface area contributed by atoms with Gasteiger partial charge >= 0.3 is 0 Å². The van der Waals surface area contributed by atoms with Crippen LogP contribution in [0.2, 0.25) is 0 Å². The Morgan fingerprint density at radius 3 is 2.53 bits per heavy atom. The Labute approximate surface area is 119 Å². The van der Waals surface area contributed by atoms with Crippen LogP contribution in [0.1, 0.15) is 66.7 Å². The number of ketones is 1. The van der Waals surface area contributed by atoms with Gasteiger partial charge in [-0.25, -0.2) is 4.98 Å². The molecule has 0 aromatic carbocycles. The molecule has 2 aliphatic carbocycles. The number of carbonyl (C=O) groups excluding carboxylic acids is 1. The fraction of sp³-hybridized carbons (Fsp3) is 0.733. The van der Waals surface area contributed by atoms with Crippen molar-refractivity contribution in [1.29, 1.82) is 0 Å². The molecule has 4 heteroatoms. The first kappa shape index (κ1) is 13.1. The van der Waals surface area contributed by atoms with Crippen molar-refractivity contribution in [3.05, 3.63) is 10.6 Å². The summed E-state index contributed by atoms with van der Waals surface area (Å²) in [5, 5.41) is 1.06. The summed E-state index contributed by atoms with van der Waals surface area (Å²) in [5.74, 6) is 0.248. The Morgan fingerprint density at radius 1 is 1.11 bits per heavy atom. The number of hydrogen-bond acceptors (Lipinski definition) is 4. The minimum absolute atomic E-state index is 0.248. The van der Waals surface area contributed by atoms with E-state index in [2.05, 4.69) is 16.9 Å². The van der Waals surface area contributed by atoms with Crippen LogP contribution in [-0.4, -0.2) is 23.9 Å². The first-order chi connectivity index (χ1) is 9.25. The monoisotopic (exact) mass is 278 g/mol. The second kappa shape index (κ2) is 5.61. The first-order valence-electron chi connectivity index (χ1n) is 7.51. The van der Waals surface area contributed by atoms with Gasteiger partial charge in [0.05, 0.1) is 0 Å². The van der Waals surface area contributed by atoms with E-state index in [1.165, 1.54) is 43.4 Å². The minimum atomic E-state index is 0.248. The van der Waals surface area contributed by atoms with Gasteiger partial charge in [0.15, 0.2) is 10.9 Å². The summed E-state index contributed by atoms with van der Waals surface area (Å²) >= 11 is 1.74. The average molecular weight is 278 g/mol. The predicted molar refractivity (Wildman–Crippen MR) is 79.3 cm³/mol. The lowest BCUT2D eigenvalue weighted by molar-refractivity contribution is 0.0968. The van der Waals surface area contributed by atoms with Crippen LogP contribution in [0.4, 0.5) is 5.13 Å². The molecule has 2 aliphatic rings.